The fraction of sp³-hybridized carbons (Fsp3) is 0.400. The lowest BCUT2D eigenvalue weighted by Crippen LogP contribution is -2.50. The maximum absolute atomic E-state index is 13.7. The minimum absolute atomic E-state index is 0.0368. The van der Waals surface area contributed by atoms with E-state index in [2.05, 4.69) is 4.98 Å². The van der Waals surface area contributed by atoms with E-state index in [1.165, 1.54) is 22.8 Å². The van der Waals surface area contributed by atoms with Gasteiger partial charge in [-0.25, -0.2) is 4.98 Å². The number of halogens is 4. The lowest BCUT2D eigenvalue weighted by Gasteiger charge is -2.35. The lowest BCUT2D eigenvalue weighted by molar-refractivity contribution is -0.180. The van der Waals surface area contributed by atoms with Gasteiger partial charge >= 0.3 is 6.18 Å². The van der Waals surface area contributed by atoms with Crippen molar-refractivity contribution >= 4 is 17.5 Å². The van der Waals surface area contributed by atoms with E-state index in [1.54, 1.807) is 41.0 Å². The van der Waals surface area contributed by atoms with Gasteiger partial charge < -0.3 is 18.8 Å². The predicted octanol–water partition coefficient (Wildman–Crippen LogP) is 4.76. The Morgan fingerprint density at radius 3 is 2.50 bits per heavy atom. The van der Waals surface area contributed by atoms with E-state index in [4.69, 9.17) is 16.3 Å². The molecule has 11 heteroatoms. The van der Waals surface area contributed by atoms with Crippen LogP contribution in [0.2, 0.25) is 5.02 Å². The monoisotopic (exact) mass is 522 g/mol. The average molecular weight is 523 g/mol. The minimum Gasteiger partial charge on any atom is -0.491 e. The summed E-state index contributed by atoms with van der Waals surface area (Å²) in [5.74, 6) is -0.301. The number of fused-ring (bicyclic) bond motifs is 1. The van der Waals surface area contributed by atoms with Gasteiger partial charge in [0.25, 0.3) is 11.5 Å². The Kier molecular flexibility index (Phi) is 6.68. The van der Waals surface area contributed by atoms with Gasteiger partial charge in [0.05, 0.1) is 23.5 Å². The van der Waals surface area contributed by atoms with Crippen molar-refractivity contribution in [2.24, 2.45) is 0 Å². The summed E-state index contributed by atoms with van der Waals surface area (Å²) in [6, 6.07) is 6.84. The second kappa shape index (κ2) is 9.31. The Morgan fingerprint density at radius 1 is 1.14 bits per heavy atom. The Balaban J connectivity index is 1.53. The number of aryl methyl sites for hydroxylation is 1. The van der Waals surface area contributed by atoms with Gasteiger partial charge in [-0.2, -0.15) is 13.2 Å². The summed E-state index contributed by atoms with van der Waals surface area (Å²) in [5.41, 5.74) is -1.19. The number of imidazole rings is 1. The Bertz CT molecular complexity index is 1360. The lowest BCUT2D eigenvalue weighted by atomic mass is 9.83. The van der Waals surface area contributed by atoms with Crippen LogP contribution in [0.15, 0.2) is 47.7 Å². The highest BCUT2D eigenvalue weighted by Gasteiger charge is 2.50. The van der Waals surface area contributed by atoms with E-state index in [-0.39, 0.29) is 53.2 Å². The number of aromatic nitrogens is 3. The normalized spacial score (nSPS) is 15.1. The molecule has 1 aromatic carbocycles. The summed E-state index contributed by atoms with van der Waals surface area (Å²) in [6.07, 6.45) is -1.25. The molecule has 4 rings (SSSR count). The molecule has 3 heterocycles. The number of hydrogen-bond donors (Lipinski definition) is 0. The van der Waals surface area contributed by atoms with Crippen LogP contribution in [-0.2, 0) is 12.0 Å². The van der Waals surface area contributed by atoms with Crippen LogP contribution >= 0.6 is 11.6 Å². The first-order chi connectivity index (χ1) is 16.8. The molecule has 0 unspecified atom stereocenters. The topological polar surface area (TPSA) is 69.4 Å². The first-order valence-electron chi connectivity index (χ1n) is 11.4. The highest BCUT2D eigenvalue weighted by molar-refractivity contribution is 6.30. The highest BCUT2D eigenvalue weighted by Crippen LogP contribution is 2.45. The molecule has 0 saturated carbocycles. The molecular weight excluding hydrogens is 497 g/mol. The van der Waals surface area contributed by atoms with Gasteiger partial charge in [0.15, 0.2) is 0 Å². The van der Waals surface area contributed by atoms with Crippen LogP contribution in [0.5, 0.6) is 5.75 Å². The van der Waals surface area contributed by atoms with Crippen molar-refractivity contribution in [3.63, 3.8) is 0 Å². The van der Waals surface area contributed by atoms with Gasteiger partial charge in [0.2, 0.25) is 0 Å². The third kappa shape index (κ3) is 4.61. The van der Waals surface area contributed by atoms with Gasteiger partial charge in [0, 0.05) is 29.9 Å². The molecule has 7 nitrogen and oxygen atoms in total. The smallest absolute Gasteiger partial charge is 0.398 e. The number of benzene rings is 1. The first kappa shape index (κ1) is 25.8. The summed E-state index contributed by atoms with van der Waals surface area (Å²) in [6.45, 7) is 6.19. The van der Waals surface area contributed by atoms with E-state index in [0.717, 1.165) is 19.5 Å². The molecule has 0 N–H and O–H groups in total. The van der Waals surface area contributed by atoms with Gasteiger partial charge in [-0.15, -0.1) is 0 Å². The van der Waals surface area contributed by atoms with Crippen molar-refractivity contribution in [2.45, 2.75) is 51.9 Å². The maximum atomic E-state index is 13.7. The Labute approximate surface area is 211 Å². The van der Waals surface area contributed by atoms with Crippen LogP contribution in [0.3, 0.4) is 0 Å². The van der Waals surface area contributed by atoms with Crippen LogP contribution in [0.1, 0.15) is 42.5 Å². The van der Waals surface area contributed by atoms with Crippen molar-refractivity contribution in [1.82, 2.24) is 19.0 Å². The molecule has 0 bridgehead atoms. The highest BCUT2D eigenvalue weighted by atomic mass is 35.5. The SMILES string of the molecule is Cc1cn(-c2ccc3n(c2=O)CCN([C@@H](C)COc2ccc(Cl)cc2C(C)(C)C(F)(F)F)C3=O)cn1. The summed E-state index contributed by atoms with van der Waals surface area (Å²) < 4.78 is 49.9. The van der Waals surface area contributed by atoms with Crippen molar-refractivity contribution in [3.8, 4) is 11.4 Å². The van der Waals surface area contributed by atoms with E-state index < -0.39 is 17.6 Å². The summed E-state index contributed by atoms with van der Waals surface area (Å²) >= 11 is 5.98. The molecule has 1 aliphatic rings. The molecule has 0 saturated heterocycles. The molecule has 3 aromatic rings. The van der Waals surface area contributed by atoms with Gasteiger partial charge in [0.1, 0.15) is 23.7 Å². The fourth-order valence-corrected chi connectivity index (χ4v) is 4.34. The molecule has 1 atom stereocenters. The number of alkyl halides is 3. The third-order valence-electron chi connectivity index (χ3n) is 6.52. The zero-order valence-corrected chi connectivity index (χ0v) is 21.0. The number of pyridine rings is 1. The molecule has 0 fully saturated rings. The fourth-order valence-electron chi connectivity index (χ4n) is 4.17. The predicted molar refractivity (Wildman–Crippen MR) is 129 cm³/mol. The second-order valence-electron chi connectivity index (χ2n) is 9.40. The first-order valence-corrected chi connectivity index (χ1v) is 11.7. The van der Waals surface area contributed by atoms with Crippen LogP contribution in [-0.4, -0.2) is 50.3 Å². The van der Waals surface area contributed by atoms with E-state index >= 15 is 0 Å². The number of carbonyl (C=O) groups is 1. The Hall–Kier alpha value is -3.27. The second-order valence-corrected chi connectivity index (χ2v) is 9.84. The summed E-state index contributed by atoms with van der Waals surface area (Å²) in [5, 5.41) is 0.168. The molecule has 192 valence electrons. The van der Waals surface area contributed by atoms with Crippen LogP contribution in [0, 0.1) is 6.92 Å². The van der Waals surface area contributed by atoms with Crippen LogP contribution < -0.4 is 10.3 Å². The maximum Gasteiger partial charge on any atom is 0.398 e. The van der Waals surface area contributed by atoms with Crippen molar-refractivity contribution in [3.05, 3.63) is 75.2 Å². The van der Waals surface area contributed by atoms with E-state index in [1.807, 2.05) is 6.92 Å². The molecular formula is C25H26ClF3N4O3. The van der Waals surface area contributed by atoms with Gasteiger partial charge in [-0.3, -0.25) is 9.59 Å². The molecule has 1 aliphatic heterocycles. The van der Waals surface area contributed by atoms with Crippen molar-refractivity contribution in [1.29, 1.82) is 0 Å². The Morgan fingerprint density at radius 2 is 1.86 bits per heavy atom. The zero-order chi connectivity index (χ0) is 26.4. The standard InChI is InChI=1S/C25H26ClF3N4O3/c1-15-12-31(14-30-15)19-6-7-20-23(35)32(9-10-33(20)22(19)34)16(2)13-36-21-8-5-17(26)11-18(21)24(3,4)25(27,28)29/h5-8,11-12,14,16H,9-10,13H2,1-4H3/t16-/m0/s1. The van der Waals surface area contributed by atoms with Gasteiger partial charge in [-0.1, -0.05) is 11.6 Å². The van der Waals surface area contributed by atoms with Crippen LogP contribution in [0.25, 0.3) is 5.69 Å². The number of carbonyl (C=O) groups excluding carboxylic acids is 1. The number of nitrogens with zero attached hydrogens (tertiary/aromatic N) is 4. The molecule has 1 amide bonds. The number of ether oxygens (including phenoxy) is 1. The average Bonchev–Trinajstić information content (AvgIpc) is 3.24. The van der Waals surface area contributed by atoms with Crippen LogP contribution in [0.4, 0.5) is 13.2 Å². The van der Waals surface area contributed by atoms with Crippen molar-refractivity contribution < 1.29 is 22.7 Å². The van der Waals surface area contributed by atoms with Gasteiger partial charge in [-0.05, 0) is 58.0 Å². The summed E-state index contributed by atoms with van der Waals surface area (Å²) in [7, 11) is 0. The van der Waals surface area contributed by atoms with E-state index in [9.17, 15) is 22.8 Å². The molecule has 0 spiro atoms. The minimum atomic E-state index is -4.52. The molecule has 36 heavy (non-hydrogen) atoms. The zero-order valence-electron chi connectivity index (χ0n) is 20.3. The number of rotatable bonds is 6. The molecule has 0 aliphatic carbocycles. The molecule has 2 aromatic heterocycles. The molecule has 0 radical (unpaired) electrons. The third-order valence-corrected chi connectivity index (χ3v) is 6.76. The number of hydrogen-bond acceptors (Lipinski definition) is 4. The largest absolute Gasteiger partial charge is 0.491 e. The quantitative estimate of drug-likeness (QED) is 0.468. The van der Waals surface area contributed by atoms with Crippen molar-refractivity contribution in [2.75, 3.05) is 13.2 Å². The summed E-state index contributed by atoms with van der Waals surface area (Å²) in [4.78, 5) is 31.9. The van der Waals surface area contributed by atoms with E-state index in [0.29, 0.717) is 5.69 Å². The number of amides is 1.